The molecule has 0 bridgehead atoms. The van der Waals surface area contributed by atoms with Crippen LogP contribution in [0.5, 0.6) is 0 Å². The lowest BCUT2D eigenvalue weighted by Crippen LogP contribution is -2.42. The molecule has 1 heterocycles. The largest absolute Gasteiger partial charge is 0.363 e. The van der Waals surface area contributed by atoms with Crippen LogP contribution < -0.4 is 5.32 Å². The van der Waals surface area contributed by atoms with Gasteiger partial charge in [-0.3, -0.25) is 0 Å². The lowest BCUT2D eigenvalue weighted by atomic mass is 9.83. The maximum atomic E-state index is 6.15. The van der Waals surface area contributed by atoms with Crippen molar-refractivity contribution in [2.75, 3.05) is 17.5 Å². The van der Waals surface area contributed by atoms with E-state index in [1.807, 2.05) is 12.3 Å². The molecule has 0 unspecified atom stereocenters. The molecular weight excluding hydrogens is 254 g/mol. The third-order valence-electron chi connectivity index (χ3n) is 3.31. The Morgan fingerprint density at radius 3 is 2.76 bits per heavy atom. The highest BCUT2D eigenvalue weighted by molar-refractivity contribution is 7.98. The van der Waals surface area contributed by atoms with E-state index >= 15 is 0 Å². The van der Waals surface area contributed by atoms with Gasteiger partial charge in [0.05, 0.1) is 5.54 Å². The summed E-state index contributed by atoms with van der Waals surface area (Å²) in [4.78, 5) is 8.46. The lowest BCUT2D eigenvalue weighted by Gasteiger charge is -2.36. The molecule has 1 aliphatic carbocycles. The van der Waals surface area contributed by atoms with Gasteiger partial charge in [0.2, 0.25) is 0 Å². The number of thioether (sulfide) groups is 1. The van der Waals surface area contributed by atoms with Gasteiger partial charge >= 0.3 is 0 Å². The fraction of sp³-hybridized carbons (Fsp3) is 0.667. The number of alkyl halides is 1. The predicted octanol–water partition coefficient (Wildman–Crippen LogP) is 3.55. The van der Waals surface area contributed by atoms with Gasteiger partial charge in [0.15, 0.2) is 0 Å². The van der Waals surface area contributed by atoms with Gasteiger partial charge in [0.25, 0.3) is 0 Å². The Morgan fingerprint density at radius 1 is 1.35 bits per heavy atom. The first kappa shape index (κ1) is 13.0. The molecule has 0 saturated heterocycles. The molecule has 1 aliphatic rings. The molecule has 1 saturated carbocycles. The van der Waals surface area contributed by atoms with Gasteiger partial charge < -0.3 is 5.32 Å². The molecule has 1 aromatic heterocycles. The van der Waals surface area contributed by atoms with Crippen LogP contribution in [0.2, 0.25) is 0 Å². The number of aromatic nitrogens is 2. The summed E-state index contributed by atoms with van der Waals surface area (Å²) in [5.74, 6) is 1.54. The first-order valence-electron chi connectivity index (χ1n) is 5.98. The second-order valence-electron chi connectivity index (χ2n) is 4.55. The Bertz CT molecular complexity index is 367. The molecule has 0 amide bonds. The number of anilines is 1. The van der Waals surface area contributed by atoms with Crippen molar-refractivity contribution < 1.29 is 0 Å². The van der Waals surface area contributed by atoms with Crippen molar-refractivity contribution in [1.82, 2.24) is 9.97 Å². The monoisotopic (exact) mass is 271 g/mol. The highest BCUT2D eigenvalue weighted by Gasteiger charge is 2.31. The average Bonchev–Trinajstić information content (AvgIpc) is 2.40. The highest BCUT2D eigenvalue weighted by atomic mass is 35.5. The summed E-state index contributed by atoms with van der Waals surface area (Å²) in [6.45, 7) is 0. The molecule has 1 N–H and O–H groups in total. The van der Waals surface area contributed by atoms with Crippen molar-refractivity contribution in [3.05, 3.63) is 12.4 Å². The van der Waals surface area contributed by atoms with Gasteiger partial charge in [-0.05, 0) is 19.1 Å². The summed E-state index contributed by atoms with van der Waals surface area (Å²) >= 11 is 7.78. The Kier molecular flexibility index (Phi) is 4.51. The predicted molar refractivity (Wildman–Crippen MR) is 74.0 cm³/mol. The number of nitrogens with zero attached hydrogens (tertiary/aromatic N) is 2. The fourth-order valence-electron chi connectivity index (χ4n) is 2.31. The number of hydrogen-bond acceptors (Lipinski definition) is 4. The smallest absolute Gasteiger partial charge is 0.130 e. The van der Waals surface area contributed by atoms with Crippen molar-refractivity contribution in [1.29, 1.82) is 0 Å². The van der Waals surface area contributed by atoms with Crippen molar-refractivity contribution in [2.24, 2.45) is 0 Å². The van der Waals surface area contributed by atoms with E-state index in [4.69, 9.17) is 11.6 Å². The minimum atomic E-state index is 0.0316. The maximum absolute atomic E-state index is 6.15. The molecule has 1 fully saturated rings. The van der Waals surface area contributed by atoms with E-state index in [2.05, 4.69) is 15.3 Å². The van der Waals surface area contributed by atoms with Crippen LogP contribution in [0.1, 0.15) is 32.1 Å². The molecule has 2 rings (SSSR count). The van der Waals surface area contributed by atoms with Crippen LogP contribution in [-0.2, 0) is 0 Å². The lowest BCUT2D eigenvalue weighted by molar-refractivity contribution is 0.352. The van der Waals surface area contributed by atoms with Gasteiger partial charge in [-0.1, -0.05) is 19.3 Å². The van der Waals surface area contributed by atoms with Crippen molar-refractivity contribution in [2.45, 2.75) is 42.7 Å². The Hall–Kier alpha value is -0.480. The quantitative estimate of drug-likeness (QED) is 0.516. The standard InChI is InChI=1S/C12H18ClN3S/c1-17-11-7-10(14-9-15-11)16-12(8-13)5-3-2-4-6-12/h7,9H,2-6,8H2,1H3,(H,14,15,16). The van der Waals surface area contributed by atoms with E-state index in [1.165, 1.54) is 19.3 Å². The second kappa shape index (κ2) is 5.91. The molecule has 0 aromatic carbocycles. The molecule has 94 valence electrons. The minimum absolute atomic E-state index is 0.0316. The molecule has 0 spiro atoms. The first-order valence-corrected chi connectivity index (χ1v) is 7.74. The molecule has 0 radical (unpaired) electrons. The number of halogens is 1. The zero-order chi connectivity index (χ0) is 12.1. The zero-order valence-electron chi connectivity index (χ0n) is 10.1. The molecule has 1 aromatic rings. The van der Waals surface area contributed by atoms with E-state index in [0.29, 0.717) is 5.88 Å². The number of rotatable bonds is 4. The van der Waals surface area contributed by atoms with Crippen LogP contribution in [0.4, 0.5) is 5.82 Å². The van der Waals surface area contributed by atoms with Crippen molar-refractivity contribution >= 4 is 29.2 Å². The van der Waals surface area contributed by atoms with E-state index in [1.54, 1.807) is 18.1 Å². The summed E-state index contributed by atoms with van der Waals surface area (Å²) in [7, 11) is 0. The molecule has 3 nitrogen and oxygen atoms in total. The number of nitrogens with one attached hydrogen (secondary N) is 1. The summed E-state index contributed by atoms with van der Waals surface area (Å²) in [5.41, 5.74) is 0.0316. The van der Waals surface area contributed by atoms with Crippen LogP contribution in [0.3, 0.4) is 0 Å². The second-order valence-corrected chi connectivity index (χ2v) is 5.64. The van der Waals surface area contributed by atoms with Crippen molar-refractivity contribution in [3.63, 3.8) is 0 Å². The van der Waals surface area contributed by atoms with Gasteiger partial charge in [-0.15, -0.1) is 23.4 Å². The SMILES string of the molecule is CSc1cc(NC2(CCl)CCCCC2)ncn1. The van der Waals surface area contributed by atoms with Crippen LogP contribution in [0.25, 0.3) is 0 Å². The first-order chi connectivity index (χ1) is 8.28. The minimum Gasteiger partial charge on any atom is -0.363 e. The number of hydrogen-bond donors (Lipinski definition) is 1. The molecular formula is C12H18ClN3S. The molecule has 17 heavy (non-hydrogen) atoms. The van der Waals surface area contributed by atoms with Gasteiger partial charge in [0, 0.05) is 11.9 Å². The molecule has 0 aliphatic heterocycles. The third kappa shape index (κ3) is 3.26. The van der Waals surface area contributed by atoms with Crippen LogP contribution in [0.15, 0.2) is 17.4 Å². The van der Waals surface area contributed by atoms with Gasteiger partial charge in [-0.2, -0.15) is 0 Å². The summed E-state index contributed by atoms with van der Waals surface area (Å²) < 4.78 is 0. The van der Waals surface area contributed by atoms with E-state index < -0.39 is 0 Å². The van der Waals surface area contributed by atoms with Gasteiger partial charge in [0.1, 0.15) is 17.2 Å². The average molecular weight is 272 g/mol. The third-order valence-corrected chi connectivity index (χ3v) is 4.46. The van der Waals surface area contributed by atoms with E-state index in [0.717, 1.165) is 23.7 Å². The Morgan fingerprint density at radius 2 is 2.12 bits per heavy atom. The van der Waals surface area contributed by atoms with Crippen molar-refractivity contribution in [3.8, 4) is 0 Å². The summed E-state index contributed by atoms with van der Waals surface area (Å²) in [5, 5.41) is 4.51. The summed E-state index contributed by atoms with van der Waals surface area (Å²) in [6, 6.07) is 1.99. The van der Waals surface area contributed by atoms with E-state index in [9.17, 15) is 0 Å². The van der Waals surface area contributed by atoms with Crippen LogP contribution >= 0.6 is 23.4 Å². The zero-order valence-corrected chi connectivity index (χ0v) is 11.7. The normalized spacial score (nSPS) is 18.9. The molecule has 5 heteroatoms. The van der Waals surface area contributed by atoms with E-state index in [-0.39, 0.29) is 5.54 Å². The Balaban J connectivity index is 2.11. The highest BCUT2D eigenvalue weighted by Crippen LogP contribution is 2.32. The maximum Gasteiger partial charge on any atom is 0.130 e. The topological polar surface area (TPSA) is 37.8 Å². The van der Waals surface area contributed by atoms with Gasteiger partial charge in [-0.25, -0.2) is 9.97 Å². The van der Waals surface area contributed by atoms with Crippen LogP contribution in [0, 0.1) is 0 Å². The molecule has 0 atom stereocenters. The van der Waals surface area contributed by atoms with Crippen LogP contribution in [-0.4, -0.2) is 27.6 Å². The Labute approximate surface area is 112 Å². The fourth-order valence-corrected chi connectivity index (χ4v) is 3.03. The summed E-state index contributed by atoms with van der Waals surface area (Å²) in [6.07, 6.45) is 9.72.